The minimum atomic E-state index is -3.01. The van der Waals surface area contributed by atoms with Gasteiger partial charge in [-0.2, -0.15) is 0 Å². The second-order valence-electron chi connectivity index (χ2n) is 4.36. The number of ether oxygens (including phenoxy) is 1. The zero-order valence-corrected chi connectivity index (χ0v) is 11.4. The summed E-state index contributed by atoms with van der Waals surface area (Å²) < 4.78 is 28.0. The zero-order chi connectivity index (χ0) is 13.9. The SMILES string of the molecule is CCOc1ncccc1C(=O)NC1CCS(=O)(=O)C1. The van der Waals surface area contributed by atoms with E-state index < -0.39 is 9.84 Å². The van der Waals surface area contributed by atoms with Gasteiger partial charge in [-0.15, -0.1) is 0 Å². The van der Waals surface area contributed by atoms with Crippen molar-refractivity contribution in [2.75, 3.05) is 18.1 Å². The molecule has 104 valence electrons. The molecular formula is C12H16N2O4S. The first-order chi connectivity index (χ1) is 9.02. The standard InChI is InChI=1S/C12H16N2O4S/c1-2-18-12-10(4-3-6-13-12)11(15)14-9-5-7-19(16,17)8-9/h3-4,6,9H,2,5,7-8H2,1H3,(H,14,15). The van der Waals surface area contributed by atoms with E-state index in [4.69, 9.17) is 4.74 Å². The summed E-state index contributed by atoms with van der Waals surface area (Å²) in [6.45, 7) is 2.22. The molecule has 2 rings (SSSR count). The third kappa shape index (κ3) is 3.44. The van der Waals surface area contributed by atoms with Crippen LogP contribution in [0.3, 0.4) is 0 Å². The van der Waals surface area contributed by atoms with Gasteiger partial charge in [0.1, 0.15) is 5.56 Å². The quantitative estimate of drug-likeness (QED) is 0.865. The smallest absolute Gasteiger partial charge is 0.257 e. The van der Waals surface area contributed by atoms with E-state index in [1.807, 2.05) is 0 Å². The highest BCUT2D eigenvalue weighted by atomic mass is 32.2. The van der Waals surface area contributed by atoms with Gasteiger partial charge in [0, 0.05) is 12.2 Å². The minimum absolute atomic E-state index is 0.00295. The molecule has 0 spiro atoms. The number of nitrogens with zero attached hydrogens (tertiary/aromatic N) is 1. The molecule has 1 aromatic rings. The molecule has 1 aliphatic heterocycles. The van der Waals surface area contributed by atoms with E-state index in [2.05, 4.69) is 10.3 Å². The first kappa shape index (κ1) is 13.8. The fourth-order valence-electron chi connectivity index (χ4n) is 1.99. The highest BCUT2D eigenvalue weighted by Gasteiger charge is 2.29. The van der Waals surface area contributed by atoms with E-state index in [0.29, 0.717) is 18.6 Å². The van der Waals surface area contributed by atoms with Crippen molar-refractivity contribution in [3.8, 4) is 5.88 Å². The van der Waals surface area contributed by atoms with Gasteiger partial charge in [-0.3, -0.25) is 4.79 Å². The monoisotopic (exact) mass is 284 g/mol. The Balaban J connectivity index is 2.08. The van der Waals surface area contributed by atoms with Crippen LogP contribution in [-0.2, 0) is 9.84 Å². The first-order valence-corrected chi connectivity index (χ1v) is 7.93. The Morgan fingerprint density at radius 3 is 3.00 bits per heavy atom. The van der Waals surface area contributed by atoms with Crippen LogP contribution < -0.4 is 10.1 Å². The third-order valence-electron chi connectivity index (χ3n) is 2.86. The zero-order valence-electron chi connectivity index (χ0n) is 10.6. The lowest BCUT2D eigenvalue weighted by atomic mass is 10.2. The molecule has 1 unspecified atom stereocenters. The second kappa shape index (κ2) is 5.56. The number of aromatic nitrogens is 1. The van der Waals surface area contributed by atoms with Crippen LogP contribution in [0.5, 0.6) is 5.88 Å². The van der Waals surface area contributed by atoms with Crippen molar-refractivity contribution in [2.24, 2.45) is 0 Å². The maximum Gasteiger partial charge on any atom is 0.257 e. The molecular weight excluding hydrogens is 268 g/mol. The van der Waals surface area contributed by atoms with Gasteiger partial charge in [-0.05, 0) is 25.5 Å². The fraction of sp³-hybridized carbons (Fsp3) is 0.500. The molecule has 1 fully saturated rings. The van der Waals surface area contributed by atoms with Crippen molar-refractivity contribution in [3.05, 3.63) is 23.9 Å². The third-order valence-corrected chi connectivity index (χ3v) is 4.63. The number of carbonyl (C=O) groups is 1. The van der Waals surface area contributed by atoms with Crippen molar-refractivity contribution >= 4 is 15.7 Å². The van der Waals surface area contributed by atoms with Gasteiger partial charge >= 0.3 is 0 Å². The predicted molar refractivity (Wildman–Crippen MR) is 69.9 cm³/mol. The van der Waals surface area contributed by atoms with Gasteiger partial charge in [0.25, 0.3) is 5.91 Å². The Labute approximate surface area is 112 Å². The molecule has 0 saturated carbocycles. The maximum absolute atomic E-state index is 12.1. The first-order valence-electron chi connectivity index (χ1n) is 6.11. The topological polar surface area (TPSA) is 85.4 Å². The van der Waals surface area contributed by atoms with E-state index in [-0.39, 0.29) is 29.3 Å². The lowest BCUT2D eigenvalue weighted by Crippen LogP contribution is -2.35. The van der Waals surface area contributed by atoms with Gasteiger partial charge in [0.2, 0.25) is 5.88 Å². The number of rotatable bonds is 4. The number of sulfone groups is 1. The number of nitrogens with one attached hydrogen (secondary N) is 1. The number of amides is 1. The average Bonchev–Trinajstić information content (AvgIpc) is 2.69. The van der Waals surface area contributed by atoms with Crippen LogP contribution >= 0.6 is 0 Å². The molecule has 2 heterocycles. The van der Waals surface area contributed by atoms with Crippen LogP contribution in [0, 0.1) is 0 Å². The number of hydrogen-bond acceptors (Lipinski definition) is 5. The van der Waals surface area contributed by atoms with Gasteiger partial charge in [-0.1, -0.05) is 0 Å². The Bertz CT molecular complexity index is 571. The largest absolute Gasteiger partial charge is 0.477 e. The molecule has 19 heavy (non-hydrogen) atoms. The summed E-state index contributed by atoms with van der Waals surface area (Å²) in [5.41, 5.74) is 0.327. The van der Waals surface area contributed by atoms with Gasteiger partial charge in [-0.25, -0.2) is 13.4 Å². The van der Waals surface area contributed by atoms with E-state index in [0.717, 1.165) is 0 Å². The molecule has 1 aliphatic rings. The van der Waals surface area contributed by atoms with Crippen LogP contribution in [-0.4, -0.2) is 43.5 Å². The number of hydrogen-bond donors (Lipinski definition) is 1. The Morgan fingerprint density at radius 1 is 1.58 bits per heavy atom. The second-order valence-corrected chi connectivity index (χ2v) is 6.59. The van der Waals surface area contributed by atoms with Crippen molar-refractivity contribution in [2.45, 2.75) is 19.4 Å². The molecule has 6 nitrogen and oxygen atoms in total. The van der Waals surface area contributed by atoms with Gasteiger partial charge in [0.15, 0.2) is 9.84 Å². The summed E-state index contributed by atoms with van der Waals surface area (Å²) >= 11 is 0. The Morgan fingerprint density at radius 2 is 2.37 bits per heavy atom. The predicted octanol–water partition coefficient (Wildman–Crippen LogP) is 0.397. The molecule has 0 bridgehead atoms. The molecule has 1 amide bonds. The van der Waals surface area contributed by atoms with Crippen molar-refractivity contribution in [1.82, 2.24) is 10.3 Å². The van der Waals surface area contributed by atoms with Crippen molar-refractivity contribution in [3.63, 3.8) is 0 Å². The average molecular weight is 284 g/mol. The molecule has 1 atom stereocenters. The summed E-state index contributed by atoms with van der Waals surface area (Å²) in [5.74, 6) is 0.0497. The highest BCUT2D eigenvalue weighted by Crippen LogP contribution is 2.16. The molecule has 0 radical (unpaired) electrons. The summed E-state index contributed by atoms with van der Waals surface area (Å²) in [6, 6.07) is 2.92. The van der Waals surface area contributed by atoms with Crippen LogP contribution in [0.2, 0.25) is 0 Å². The minimum Gasteiger partial charge on any atom is -0.477 e. The molecule has 1 N–H and O–H groups in total. The van der Waals surface area contributed by atoms with E-state index in [1.165, 1.54) is 0 Å². The van der Waals surface area contributed by atoms with Gasteiger partial charge < -0.3 is 10.1 Å². The molecule has 1 saturated heterocycles. The molecule has 0 aliphatic carbocycles. The number of pyridine rings is 1. The van der Waals surface area contributed by atoms with Crippen LogP contribution in [0.15, 0.2) is 18.3 Å². The highest BCUT2D eigenvalue weighted by molar-refractivity contribution is 7.91. The summed E-state index contributed by atoms with van der Waals surface area (Å²) in [6.07, 6.45) is 2.00. The lowest BCUT2D eigenvalue weighted by Gasteiger charge is -2.12. The normalized spacial score (nSPS) is 21.0. The van der Waals surface area contributed by atoms with E-state index in [9.17, 15) is 13.2 Å². The van der Waals surface area contributed by atoms with Crippen LogP contribution in [0.4, 0.5) is 0 Å². The van der Waals surface area contributed by atoms with E-state index in [1.54, 1.807) is 25.3 Å². The Hall–Kier alpha value is -1.63. The summed E-state index contributed by atoms with van der Waals surface area (Å²) in [4.78, 5) is 16.1. The van der Waals surface area contributed by atoms with Crippen molar-refractivity contribution in [1.29, 1.82) is 0 Å². The molecule has 1 aromatic heterocycles. The summed E-state index contributed by atoms with van der Waals surface area (Å²) in [5, 5.41) is 2.71. The molecule has 0 aromatic carbocycles. The van der Waals surface area contributed by atoms with Crippen molar-refractivity contribution < 1.29 is 17.9 Å². The summed E-state index contributed by atoms with van der Waals surface area (Å²) in [7, 11) is -3.01. The Kier molecular flexibility index (Phi) is 4.04. The van der Waals surface area contributed by atoms with Crippen LogP contribution in [0.1, 0.15) is 23.7 Å². The van der Waals surface area contributed by atoms with E-state index >= 15 is 0 Å². The van der Waals surface area contributed by atoms with Gasteiger partial charge in [0.05, 0.1) is 18.1 Å². The van der Waals surface area contributed by atoms with Crippen LogP contribution in [0.25, 0.3) is 0 Å². The fourth-order valence-corrected chi connectivity index (χ4v) is 3.66. The lowest BCUT2D eigenvalue weighted by molar-refractivity contribution is 0.0936. The number of carbonyl (C=O) groups excluding carboxylic acids is 1. The molecule has 7 heteroatoms. The maximum atomic E-state index is 12.1.